The highest BCUT2D eigenvalue weighted by molar-refractivity contribution is 5.95. The number of hydrogen-bond acceptors (Lipinski definition) is 5. The van der Waals surface area contributed by atoms with Crippen molar-refractivity contribution in [3.63, 3.8) is 0 Å². The second kappa shape index (κ2) is 8.78. The van der Waals surface area contributed by atoms with E-state index in [2.05, 4.69) is 26.0 Å². The van der Waals surface area contributed by atoms with E-state index < -0.39 is 11.7 Å². The summed E-state index contributed by atoms with van der Waals surface area (Å²) in [6.45, 7) is 11.4. The predicted octanol–water partition coefficient (Wildman–Crippen LogP) is 5.63. The van der Waals surface area contributed by atoms with Crippen molar-refractivity contribution < 1.29 is 19.1 Å². The maximum atomic E-state index is 12.9. The normalized spacial score (nSPS) is 12.9. The fraction of sp³-hybridized carbons (Fsp3) is 0.444. The van der Waals surface area contributed by atoms with Crippen molar-refractivity contribution in [3.05, 3.63) is 53.0 Å². The van der Waals surface area contributed by atoms with E-state index in [0.29, 0.717) is 29.6 Å². The van der Waals surface area contributed by atoms with Gasteiger partial charge in [-0.1, -0.05) is 13.8 Å². The average molecular weight is 464 g/mol. The minimum atomic E-state index is -0.635. The van der Waals surface area contributed by atoms with Gasteiger partial charge in [-0.15, -0.1) is 0 Å². The molecule has 0 unspecified atom stereocenters. The SMILES string of the molecule is COc1cc2c(cc1CC(C)C)-n1c(-c3cccn3C(=O)OC(C)(C)C)nc(C(C)=O)c1CC2. The van der Waals surface area contributed by atoms with Crippen LogP contribution < -0.4 is 4.74 Å². The van der Waals surface area contributed by atoms with E-state index in [9.17, 15) is 9.59 Å². The minimum Gasteiger partial charge on any atom is -0.496 e. The van der Waals surface area contributed by atoms with Crippen LogP contribution in [-0.2, 0) is 24.0 Å². The first-order chi connectivity index (χ1) is 16.0. The molecule has 0 spiro atoms. The molecule has 3 aromatic rings. The number of ether oxygens (including phenoxy) is 2. The highest BCUT2D eigenvalue weighted by Crippen LogP contribution is 2.37. The Morgan fingerprint density at radius 2 is 1.91 bits per heavy atom. The van der Waals surface area contributed by atoms with Crippen LogP contribution in [0.4, 0.5) is 4.79 Å². The number of hydrogen-bond donors (Lipinski definition) is 0. The number of rotatable bonds is 5. The van der Waals surface area contributed by atoms with Gasteiger partial charge in [0.2, 0.25) is 0 Å². The standard InChI is InChI=1S/C27H33N3O4/c1-16(2)13-19-14-22-18(15-23(19)33-7)10-11-20-24(17(3)31)28-25(30(20)22)21-9-8-12-29(21)26(32)34-27(4,5)6/h8-9,12,14-16H,10-11,13H2,1-7H3. The molecular formula is C27H33N3O4. The molecule has 3 heterocycles. The molecule has 0 aliphatic carbocycles. The van der Waals surface area contributed by atoms with Crippen LogP contribution in [0.15, 0.2) is 30.5 Å². The number of fused-ring (bicyclic) bond motifs is 3. The first-order valence-electron chi connectivity index (χ1n) is 11.7. The third-order valence-corrected chi connectivity index (χ3v) is 5.86. The largest absolute Gasteiger partial charge is 0.496 e. The average Bonchev–Trinajstić information content (AvgIpc) is 3.36. The van der Waals surface area contributed by atoms with Gasteiger partial charge in [-0.25, -0.2) is 14.3 Å². The van der Waals surface area contributed by atoms with Gasteiger partial charge in [0.25, 0.3) is 0 Å². The van der Waals surface area contributed by atoms with Crippen LogP contribution in [0.3, 0.4) is 0 Å². The van der Waals surface area contributed by atoms with Crippen LogP contribution in [0, 0.1) is 5.92 Å². The topological polar surface area (TPSA) is 75.3 Å². The number of nitrogens with zero attached hydrogens (tertiary/aromatic N) is 3. The summed E-state index contributed by atoms with van der Waals surface area (Å²) in [5.41, 5.74) is 4.47. The number of benzene rings is 1. The van der Waals surface area contributed by atoms with Gasteiger partial charge >= 0.3 is 6.09 Å². The van der Waals surface area contributed by atoms with Gasteiger partial charge in [-0.05, 0) is 81.3 Å². The van der Waals surface area contributed by atoms with E-state index in [4.69, 9.17) is 14.5 Å². The molecule has 0 saturated heterocycles. The zero-order valence-corrected chi connectivity index (χ0v) is 21.1. The van der Waals surface area contributed by atoms with Crippen molar-refractivity contribution in [1.29, 1.82) is 0 Å². The van der Waals surface area contributed by atoms with Crippen LogP contribution in [0.25, 0.3) is 17.2 Å². The zero-order valence-electron chi connectivity index (χ0n) is 21.1. The molecular weight excluding hydrogens is 430 g/mol. The highest BCUT2D eigenvalue weighted by atomic mass is 16.6. The third kappa shape index (κ3) is 4.39. The molecule has 7 heteroatoms. The van der Waals surface area contributed by atoms with Gasteiger partial charge in [0.1, 0.15) is 17.0 Å². The van der Waals surface area contributed by atoms with Crippen molar-refractivity contribution in [3.8, 4) is 23.0 Å². The van der Waals surface area contributed by atoms with Crippen LogP contribution in [0.1, 0.15) is 68.9 Å². The van der Waals surface area contributed by atoms with Crippen molar-refractivity contribution >= 4 is 11.9 Å². The Morgan fingerprint density at radius 1 is 1.18 bits per heavy atom. The van der Waals surface area contributed by atoms with Gasteiger partial charge in [-0.2, -0.15) is 0 Å². The summed E-state index contributed by atoms with van der Waals surface area (Å²) in [5, 5.41) is 0. The lowest BCUT2D eigenvalue weighted by Gasteiger charge is -2.24. The molecule has 0 fully saturated rings. The van der Waals surface area contributed by atoms with Gasteiger partial charge in [0.15, 0.2) is 11.6 Å². The van der Waals surface area contributed by atoms with Crippen LogP contribution in [0.2, 0.25) is 0 Å². The lowest BCUT2D eigenvalue weighted by atomic mass is 9.94. The Kier molecular flexibility index (Phi) is 6.14. The van der Waals surface area contributed by atoms with E-state index in [1.54, 1.807) is 19.4 Å². The number of imidazole rings is 1. The van der Waals surface area contributed by atoms with Crippen LogP contribution in [-0.4, -0.2) is 38.7 Å². The van der Waals surface area contributed by atoms with E-state index in [1.165, 1.54) is 11.5 Å². The smallest absolute Gasteiger partial charge is 0.419 e. The first-order valence-corrected chi connectivity index (χ1v) is 11.7. The van der Waals surface area contributed by atoms with Gasteiger partial charge in [0.05, 0.1) is 24.2 Å². The number of methoxy groups -OCH3 is 1. The molecule has 1 aliphatic heterocycles. The summed E-state index contributed by atoms with van der Waals surface area (Å²) >= 11 is 0. The summed E-state index contributed by atoms with van der Waals surface area (Å²) in [7, 11) is 1.70. The molecule has 4 rings (SSSR count). The molecule has 0 bridgehead atoms. The quantitative estimate of drug-likeness (QED) is 0.458. The molecule has 1 aliphatic rings. The van der Waals surface area contributed by atoms with E-state index in [0.717, 1.165) is 41.1 Å². The van der Waals surface area contributed by atoms with Crippen molar-refractivity contribution in [2.24, 2.45) is 5.92 Å². The fourth-order valence-electron chi connectivity index (χ4n) is 4.54. The minimum absolute atomic E-state index is 0.0928. The molecule has 7 nitrogen and oxygen atoms in total. The second-order valence-corrected chi connectivity index (χ2v) is 10.3. The summed E-state index contributed by atoms with van der Waals surface area (Å²) in [6.07, 6.45) is 3.51. The molecule has 0 amide bonds. The Labute approximate surface area is 200 Å². The Balaban J connectivity index is 1.94. The summed E-state index contributed by atoms with van der Waals surface area (Å²) in [6, 6.07) is 7.86. The van der Waals surface area contributed by atoms with Gasteiger partial charge < -0.3 is 9.47 Å². The van der Waals surface area contributed by atoms with Crippen LogP contribution >= 0.6 is 0 Å². The monoisotopic (exact) mass is 463 g/mol. The lowest BCUT2D eigenvalue weighted by Crippen LogP contribution is -2.27. The summed E-state index contributed by atoms with van der Waals surface area (Å²) in [4.78, 5) is 30.2. The Morgan fingerprint density at radius 3 is 2.53 bits per heavy atom. The van der Waals surface area contributed by atoms with Crippen molar-refractivity contribution in [2.75, 3.05) is 7.11 Å². The maximum Gasteiger partial charge on any atom is 0.419 e. The second-order valence-electron chi connectivity index (χ2n) is 10.3. The summed E-state index contributed by atoms with van der Waals surface area (Å²) < 4.78 is 14.8. The van der Waals surface area contributed by atoms with Gasteiger partial charge in [-0.3, -0.25) is 9.36 Å². The summed E-state index contributed by atoms with van der Waals surface area (Å²) in [5.74, 6) is 1.79. The molecule has 1 aromatic carbocycles. The van der Waals surface area contributed by atoms with Crippen LogP contribution in [0.5, 0.6) is 5.75 Å². The molecule has 0 saturated carbocycles. The number of Topliss-reactive ketones (excluding diaryl/α,β-unsaturated/α-hetero) is 1. The Hall–Kier alpha value is -3.35. The van der Waals surface area contributed by atoms with Crippen molar-refractivity contribution in [1.82, 2.24) is 14.1 Å². The highest BCUT2D eigenvalue weighted by Gasteiger charge is 2.30. The predicted molar refractivity (Wildman–Crippen MR) is 131 cm³/mol. The van der Waals surface area contributed by atoms with E-state index in [1.807, 2.05) is 31.4 Å². The van der Waals surface area contributed by atoms with Gasteiger partial charge in [0, 0.05) is 13.1 Å². The number of aromatic nitrogens is 3. The number of carbonyl (C=O) groups excluding carboxylic acids is 2. The van der Waals surface area contributed by atoms with E-state index >= 15 is 0 Å². The number of ketones is 1. The third-order valence-electron chi connectivity index (χ3n) is 5.86. The number of carbonyl (C=O) groups is 2. The first kappa shape index (κ1) is 23.8. The molecule has 180 valence electrons. The maximum absolute atomic E-state index is 12.9. The number of aryl methyl sites for hydroxylation is 1. The fourth-order valence-corrected chi connectivity index (χ4v) is 4.54. The van der Waals surface area contributed by atoms with Crippen molar-refractivity contribution in [2.45, 2.75) is 66.4 Å². The lowest BCUT2D eigenvalue weighted by molar-refractivity contribution is 0.0539. The zero-order chi connectivity index (χ0) is 24.8. The molecule has 2 aromatic heterocycles. The molecule has 0 atom stereocenters. The Bertz CT molecular complexity index is 1260. The molecule has 0 radical (unpaired) electrons. The molecule has 0 N–H and O–H groups in total. The van der Waals surface area contributed by atoms with E-state index in [-0.39, 0.29) is 5.78 Å². The molecule has 34 heavy (non-hydrogen) atoms.